The minimum absolute atomic E-state index is 0.448. The van der Waals surface area contributed by atoms with Crippen molar-refractivity contribution in [1.29, 1.82) is 0 Å². The third kappa shape index (κ3) is 4.32. The molecule has 1 aromatic heterocycles. The molecule has 0 amide bonds. The van der Waals surface area contributed by atoms with Crippen LogP contribution in [0.2, 0.25) is 0 Å². The Balaban J connectivity index is 1.86. The molecule has 108 valence electrons. The van der Waals surface area contributed by atoms with Gasteiger partial charge in [-0.25, -0.2) is 0 Å². The SMILES string of the molecule is CCN(Cc1cnn(C(C)C)c1)CC1CCCCN1. The van der Waals surface area contributed by atoms with E-state index in [1.54, 1.807) is 0 Å². The number of hydrogen-bond acceptors (Lipinski definition) is 3. The first-order valence-electron chi connectivity index (χ1n) is 7.67. The van der Waals surface area contributed by atoms with E-state index in [2.05, 4.69) is 42.3 Å². The van der Waals surface area contributed by atoms with Gasteiger partial charge >= 0.3 is 0 Å². The summed E-state index contributed by atoms with van der Waals surface area (Å²) in [5, 5.41) is 8.05. The molecule has 1 atom stereocenters. The largest absolute Gasteiger partial charge is 0.313 e. The van der Waals surface area contributed by atoms with E-state index in [0.717, 1.165) is 19.6 Å². The van der Waals surface area contributed by atoms with E-state index < -0.39 is 0 Å². The van der Waals surface area contributed by atoms with E-state index in [0.29, 0.717) is 12.1 Å². The van der Waals surface area contributed by atoms with E-state index in [4.69, 9.17) is 0 Å². The van der Waals surface area contributed by atoms with E-state index in [1.165, 1.54) is 31.4 Å². The van der Waals surface area contributed by atoms with Gasteiger partial charge in [0, 0.05) is 36.9 Å². The summed E-state index contributed by atoms with van der Waals surface area (Å²) in [6, 6.07) is 1.12. The Labute approximate surface area is 117 Å². The van der Waals surface area contributed by atoms with Crippen LogP contribution < -0.4 is 5.32 Å². The maximum absolute atomic E-state index is 4.42. The fraction of sp³-hybridized carbons (Fsp3) is 0.800. The van der Waals surface area contributed by atoms with Crippen molar-refractivity contribution in [3.63, 3.8) is 0 Å². The van der Waals surface area contributed by atoms with Gasteiger partial charge in [-0.3, -0.25) is 9.58 Å². The van der Waals surface area contributed by atoms with Crippen molar-refractivity contribution in [3.8, 4) is 0 Å². The highest BCUT2D eigenvalue weighted by Crippen LogP contribution is 2.12. The molecule has 0 saturated carbocycles. The van der Waals surface area contributed by atoms with Gasteiger partial charge in [0.2, 0.25) is 0 Å². The van der Waals surface area contributed by atoms with Crippen LogP contribution in [0.4, 0.5) is 0 Å². The molecule has 0 aliphatic carbocycles. The van der Waals surface area contributed by atoms with E-state index in [9.17, 15) is 0 Å². The average Bonchev–Trinajstić information content (AvgIpc) is 2.88. The third-order valence-electron chi connectivity index (χ3n) is 3.93. The van der Waals surface area contributed by atoms with Crippen LogP contribution in [0.25, 0.3) is 0 Å². The molecule has 0 aromatic carbocycles. The standard InChI is InChI=1S/C15H28N4/c1-4-18(12-15-7-5-6-8-16-15)10-14-9-17-19(11-14)13(2)3/h9,11,13,15-16H,4-8,10,12H2,1-3H3. The Morgan fingerprint density at radius 2 is 2.32 bits per heavy atom. The number of hydrogen-bond donors (Lipinski definition) is 1. The highest BCUT2D eigenvalue weighted by Gasteiger charge is 2.16. The van der Waals surface area contributed by atoms with Crippen molar-refractivity contribution >= 4 is 0 Å². The first kappa shape index (κ1) is 14.5. The summed E-state index contributed by atoms with van der Waals surface area (Å²) in [7, 11) is 0. The summed E-state index contributed by atoms with van der Waals surface area (Å²) in [6.07, 6.45) is 8.23. The molecule has 4 nitrogen and oxygen atoms in total. The van der Waals surface area contributed by atoms with Gasteiger partial charge in [0.25, 0.3) is 0 Å². The number of nitrogens with zero attached hydrogens (tertiary/aromatic N) is 3. The van der Waals surface area contributed by atoms with Crippen molar-refractivity contribution in [2.75, 3.05) is 19.6 Å². The van der Waals surface area contributed by atoms with Crippen molar-refractivity contribution < 1.29 is 0 Å². The van der Waals surface area contributed by atoms with Crippen molar-refractivity contribution in [1.82, 2.24) is 20.0 Å². The van der Waals surface area contributed by atoms with E-state index >= 15 is 0 Å². The molecular formula is C15H28N4. The van der Waals surface area contributed by atoms with Crippen LogP contribution in [0, 0.1) is 0 Å². The fourth-order valence-corrected chi connectivity index (χ4v) is 2.70. The molecule has 1 aliphatic heterocycles. The van der Waals surface area contributed by atoms with E-state index in [1.807, 2.05) is 10.9 Å². The van der Waals surface area contributed by atoms with Crippen LogP contribution in [-0.2, 0) is 6.54 Å². The molecule has 0 spiro atoms. The van der Waals surface area contributed by atoms with Crippen molar-refractivity contribution in [2.24, 2.45) is 0 Å². The maximum Gasteiger partial charge on any atom is 0.0534 e. The summed E-state index contributed by atoms with van der Waals surface area (Å²) in [5.41, 5.74) is 1.33. The van der Waals surface area contributed by atoms with Crippen LogP contribution in [0.15, 0.2) is 12.4 Å². The smallest absolute Gasteiger partial charge is 0.0534 e. The average molecular weight is 264 g/mol. The van der Waals surface area contributed by atoms with Crippen molar-refractivity contribution in [3.05, 3.63) is 18.0 Å². The lowest BCUT2D eigenvalue weighted by molar-refractivity contribution is 0.226. The molecule has 4 heteroatoms. The monoisotopic (exact) mass is 264 g/mol. The number of piperidine rings is 1. The van der Waals surface area contributed by atoms with Crippen LogP contribution >= 0.6 is 0 Å². The maximum atomic E-state index is 4.42. The molecule has 1 fully saturated rings. The Morgan fingerprint density at radius 1 is 1.47 bits per heavy atom. The lowest BCUT2D eigenvalue weighted by Gasteiger charge is -2.29. The molecule has 0 bridgehead atoms. The topological polar surface area (TPSA) is 33.1 Å². The Morgan fingerprint density at radius 3 is 2.89 bits per heavy atom. The number of rotatable bonds is 6. The highest BCUT2D eigenvalue weighted by atomic mass is 15.3. The zero-order chi connectivity index (χ0) is 13.7. The molecule has 0 radical (unpaired) electrons. The molecule has 1 N–H and O–H groups in total. The van der Waals surface area contributed by atoms with Crippen molar-refractivity contribution in [2.45, 2.75) is 58.7 Å². The van der Waals surface area contributed by atoms with E-state index in [-0.39, 0.29) is 0 Å². The van der Waals surface area contributed by atoms with Gasteiger partial charge in [-0.15, -0.1) is 0 Å². The minimum Gasteiger partial charge on any atom is -0.313 e. The highest BCUT2D eigenvalue weighted by molar-refractivity contribution is 5.04. The normalized spacial score (nSPS) is 20.4. The van der Waals surface area contributed by atoms with Gasteiger partial charge in [-0.1, -0.05) is 13.3 Å². The summed E-state index contributed by atoms with van der Waals surface area (Å²) >= 11 is 0. The molecule has 1 aromatic rings. The predicted molar refractivity (Wildman–Crippen MR) is 79.2 cm³/mol. The second-order valence-corrected chi connectivity index (χ2v) is 5.90. The summed E-state index contributed by atoms with van der Waals surface area (Å²) < 4.78 is 2.04. The first-order chi connectivity index (χ1) is 9.19. The van der Waals surface area contributed by atoms with Crippen LogP contribution in [0.1, 0.15) is 51.6 Å². The lowest BCUT2D eigenvalue weighted by atomic mass is 10.0. The van der Waals surface area contributed by atoms with Gasteiger partial charge < -0.3 is 5.32 Å². The lowest BCUT2D eigenvalue weighted by Crippen LogP contribution is -2.43. The molecule has 19 heavy (non-hydrogen) atoms. The summed E-state index contributed by atoms with van der Waals surface area (Å²) in [6.45, 7) is 11.0. The van der Waals surface area contributed by atoms with Gasteiger partial charge in [0.05, 0.1) is 6.20 Å². The molecule has 2 rings (SSSR count). The van der Waals surface area contributed by atoms with Crippen LogP contribution in [0.3, 0.4) is 0 Å². The van der Waals surface area contributed by atoms with Gasteiger partial charge in [-0.2, -0.15) is 5.10 Å². The van der Waals surface area contributed by atoms with Gasteiger partial charge in [0.15, 0.2) is 0 Å². The first-order valence-corrected chi connectivity index (χ1v) is 7.67. The minimum atomic E-state index is 0.448. The fourth-order valence-electron chi connectivity index (χ4n) is 2.70. The second kappa shape index (κ2) is 7.06. The van der Waals surface area contributed by atoms with Crippen LogP contribution in [-0.4, -0.2) is 40.4 Å². The van der Waals surface area contributed by atoms with Gasteiger partial charge in [-0.05, 0) is 39.8 Å². The second-order valence-electron chi connectivity index (χ2n) is 5.90. The number of nitrogens with one attached hydrogen (secondary N) is 1. The quantitative estimate of drug-likeness (QED) is 0.856. The molecule has 1 saturated heterocycles. The Hall–Kier alpha value is -0.870. The molecule has 2 heterocycles. The zero-order valence-electron chi connectivity index (χ0n) is 12.6. The molecular weight excluding hydrogens is 236 g/mol. The third-order valence-corrected chi connectivity index (χ3v) is 3.93. The Kier molecular flexibility index (Phi) is 5.40. The van der Waals surface area contributed by atoms with Crippen LogP contribution in [0.5, 0.6) is 0 Å². The molecule has 1 unspecified atom stereocenters. The van der Waals surface area contributed by atoms with Gasteiger partial charge in [0.1, 0.15) is 0 Å². The Bertz CT molecular complexity index is 366. The summed E-state index contributed by atoms with van der Waals surface area (Å²) in [4.78, 5) is 2.52. The number of aromatic nitrogens is 2. The number of likely N-dealkylation sites (N-methyl/N-ethyl adjacent to an activating group) is 1. The molecule has 1 aliphatic rings. The predicted octanol–water partition coefficient (Wildman–Crippen LogP) is 2.43. The zero-order valence-corrected chi connectivity index (χ0v) is 12.6. The summed E-state index contributed by atoms with van der Waals surface area (Å²) in [5.74, 6) is 0.